The first-order valence-electron chi connectivity index (χ1n) is 4.23. The van der Waals surface area contributed by atoms with Crippen molar-refractivity contribution in [1.82, 2.24) is 0 Å². The van der Waals surface area contributed by atoms with Gasteiger partial charge in [0.2, 0.25) is 0 Å². The Morgan fingerprint density at radius 2 is 2.31 bits per heavy atom. The van der Waals surface area contributed by atoms with Gasteiger partial charge in [0.25, 0.3) is 0 Å². The van der Waals surface area contributed by atoms with Gasteiger partial charge in [-0.05, 0) is 18.7 Å². The van der Waals surface area contributed by atoms with E-state index in [1.54, 1.807) is 0 Å². The molecule has 5 nitrogen and oxygen atoms in total. The third kappa shape index (κ3) is 2.68. The van der Waals surface area contributed by atoms with E-state index in [2.05, 4.69) is 9.78 Å². The van der Waals surface area contributed by atoms with Crippen molar-refractivity contribution in [2.24, 2.45) is 0 Å². The molecule has 0 saturated carbocycles. The van der Waals surface area contributed by atoms with Crippen molar-refractivity contribution in [3.05, 3.63) is 0 Å². The molecule has 1 aliphatic rings. The molecular weight excluding hydrogens is 175 g/mol. The maximum atomic E-state index is 11.1. The Bertz CT molecular complexity index is 186. The van der Waals surface area contributed by atoms with Gasteiger partial charge in [-0.3, -0.25) is 4.89 Å². The van der Waals surface area contributed by atoms with Crippen molar-refractivity contribution in [2.45, 2.75) is 31.7 Å². The third-order valence-corrected chi connectivity index (χ3v) is 2.10. The summed E-state index contributed by atoms with van der Waals surface area (Å²) in [6.07, 6.45) is 0.594. The molecule has 1 N–H and O–H groups in total. The van der Waals surface area contributed by atoms with Crippen molar-refractivity contribution in [1.29, 1.82) is 0 Å². The van der Waals surface area contributed by atoms with Crippen LogP contribution in [0.25, 0.3) is 0 Å². The fourth-order valence-electron chi connectivity index (χ4n) is 1.24. The SMILES string of the molecule is COOC(=O)C1CCC(C)B(O)O1. The van der Waals surface area contributed by atoms with E-state index in [0.29, 0.717) is 6.42 Å². The largest absolute Gasteiger partial charge is 0.457 e. The summed E-state index contributed by atoms with van der Waals surface area (Å²) < 4.78 is 5.01. The second-order valence-electron chi connectivity index (χ2n) is 3.14. The lowest BCUT2D eigenvalue weighted by atomic mass is 9.68. The lowest BCUT2D eigenvalue weighted by Crippen LogP contribution is -2.39. The van der Waals surface area contributed by atoms with E-state index in [9.17, 15) is 9.82 Å². The summed E-state index contributed by atoms with van der Waals surface area (Å²) in [7, 11) is 0.364. The zero-order chi connectivity index (χ0) is 9.84. The zero-order valence-electron chi connectivity index (χ0n) is 7.73. The first kappa shape index (κ1) is 10.5. The molecule has 13 heavy (non-hydrogen) atoms. The Morgan fingerprint density at radius 3 is 2.85 bits per heavy atom. The molecule has 1 heterocycles. The second-order valence-corrected chi connectivity index (χ2v) is 3.14. The zero-order valence-corrected chi connectivity index (χ0v) is 7.73. The van der Waals surface area contributed by atoms with Crippen LogP contribution >= 0.6 is 0 Å². The molecule has 2 atom stereocenters. The maximum absolute atomic E-state index is 11.1. The highest BCUT2D eigenvalue weighted by molar-refractivity contribution is 6.45. The molecule has 0 aromatic heterocycles. The fraction of sp³-hybridized carbons (Fsp3) is 0.857. The van der Waals surface area contributed by atoms with Crippen LogP contribution in [-0.2, 0) is 19.2 Å². The second kappa shape index (κ2) is 4.60. The van der Waals surface area contributed by atoms with Gasteiger partial charge in [-0.2, -0.15) is 4.89 Å². The summed E-state index contributed by atoms with van der Waals surface area (Å²) in [5.41, 5.74) is 0. The van der Waals surface area contributed by atoms with E-state index >= 15 is 0 Å². The summed E-state index contributed by atoms with van der Waals surface area (Å²) in [4.78, 5) is 19.6. The van der Waals surface area contributed by atoms with Gasteiger partial charge in [-0.15, -0.1) is 0 Å². The van der Waals surface area contributed by atoms with Crippen LogP contribution in [0.2, 0.25) is 5.82 Å². The first-order valence-corrected chi connectivity index (χ1v) is 4.23. The van der Waals surface area contributed by atoms with Gasteiger partial charge in [0.05, 0.1) is 7.11 Å². The van der Waals surface area contributed by atoms with Crippen LogP contribution < -0.4 is 0 Å². The van der Waals surface area contributed by atoms with E-state index in [1.807, 2.05) is 6.92 Å². The van der Waals surface area contributed by atoms with E-state index in [4.69, 9.17) is 4.65 Å². The summed E-state index contributed by atoms with van der Waals surface area (Å²) in [6, 6.07) is 0. The maximum Gasteiger partial charge on any atom is 0.457 e. The Balaban J connectivity index is 2.40. The van der Waals surface area contributed by atoms with Crippen molar-refractivity contribution in [2.75, 3.05) is 7.11 Å². The van der Waals surface area contributed by atoms with Crippen molar-refractivity contribution < 1.29 is 24.2 Å². The first-order chi connectivity index (χ1) is 6.15. The molecule has 1 rings (SSSR count). The summed E-state index contributed by atoms with van der Waals surface area (Å²) in [5, 5.41) is 9.29. The van der Waals surface area contributed by atoms with Crippen molar-refractivity contribution in [3.63, 3.8) is 0 Å². The van der Waals surface area contributed by atoms with Gasteiger partial charge < -0.3 is 9.68 Å². The average molecular weight is 188 g/mol. The summed E-state index contributed by atoms with van der Waals surface area (Å²) in [6.45, 7) is 1.86. The average Bonchev–Trinajstić information content (AvgIpc) is 2.10. The van der Waals surface area contributed by atoms with E-state index in [1.165, 1.54) is 7.11 Å². The molecule has 0 aromatic carbocycles. The van der Waals surface area contributed by atoms with Crippen LogP contribution in [0.1, 0.15) is 19.8 Å². The van der Waals surface area contributed by atoms with Crippen LogP contribution in [-0.4, -0.2) is 31.3 Å². The Labute approximate surface area is 77.0 Å². The van der Waals surface area contributed by atoms with E-state index in [0.717, 1.165) is 6.42 Å². The molecule has 2 unspecified atom stereocenters. The molecule has 0 aromatic rings. The van der Waals surface area contributed by atoms with Crippen molar-refractivity contribution in [3.8, 4) is 0 Å². The number of carbonyl (C=O) groups excluding carboxylic acids is 1. The molecule has 0 bridgehead atoms. The normalized spacial score (nSPS) is 28.7. The minimum Gasteiger partial charge on any atom is -0.427 e. The highest BCUT2D eigenvalue weighted by atomic mass is 17.2. The molecule has 1 saturated heterocycles. The van der Waals surface area contributed by atoms with E-state index < -0.39 is 19.2 Å². The molecule has 74 valence electrons. The van der Waals surface area contributed by atoms with Crippen LogP contribution in [0.5, 0.6) is 0 Å². The van der Waals surface area contributed by atoms with Gasteiger partial charge in [0.1, 0.15) is 6.10 Å². The molecule has 0 radical (unpaired) electrons. The molecule has 1 aliphatic heterocycles. The highest BCUT2D eigenvalue weighted by Gasteiger charge is 2.36. The Morgan fingerprint density at radius 1 is 1.62 bits per heavy atom. The minimum absolute atomic E-state index is 0.0617. The monoisotopic (exact) mass is 188 g/mol. The molecule has 0 aliphatic carbocycles. The Hall–Kier alpha value is -0.585. The third-order valence-electron chi connectivity index (χ3n) is 2.10. The standard InChI is InChI=1S/C7H13BO5/c1-5-3-4-6(12-8(5)10)7(9)13-11-2/h5-6,10H,3-4H2,1-2H3. The highest BCUT2D eigenvalue weighted by Crippen LogP contribution is 2.25. The number of carbonyl (C=O) groups is 1. The lowest BCUT2D eigenvalue weighted by molar-refractivity contribution is -0.262. The summed E-state index contributed by atoms with van der Waals surface area (Å²) >= 11 is 0. The van der Waals surface area contributed by atoms with Crippen LogP contribution in [0.4, 0.5) is 0 Å². The number of rotatable bonds is 2. The van der Waals surface area contributed by atoms with Crippen LogP contribution in [0.3, 0.4) is 0 Å². The molecule has 0 spiro atoms. The van der Waals surface area contributed by atoms with Gasteiger partial charge >= 0.3 is 13.1 Å². The predicted molar refractivity (Wildman–Crippen MR) is 44.6 cm³/mol. The Kier molecular flexibility index (Phi) is 3.71. The van der Waals surface area contributed by atoms with E-state index in [-0.39, 0.29) is 5.82 Å². The van der Waals surface area contributed by atoms with Crippen LogP contribution in [0, 0.1) is 0 Å². The topological polar surface area (TPSA) is 65.0 Å². The molecule has 0 amide bonds. The van der Waals surface area contributed by atoms with Crippen molar-refractivity contribution >= 4 is 13.1 Å². The number of hydrogen-bond acceptors (Lipinski definition) is 5. The van der Waals surface area contributed by atoms with Gasteiger partial charge in [0, 0.05) is 0 Å². The smallest absolute Gasteiger partial charge is 0.427 e. The number of hydrogen-bond donors (Lipinski definition) is 1. The quantitative estimate of drug-likeness (QED) is 0.379. The lowest BCUT2D eigenvalue weighted by Gasteiger charge is -2.26. The molecule has 1 fully saturated rings. The minimum atomic E-state index is -0.886. The molecular formula is C7H13BO5. The molecule has 6 heteroatoms. The van der Waals surface area contributed by atoms with Gasteiger partial charge in [-0.1, -0.05) is 6.92 Å². The summed E-state index contributed by atoms with van der Waals surface area (Å²) in [5.74, 6) is -0.528. The predicted octanol–water partition coefficient (Wildman–Crippen LogP) is 0.141. The van der Waals surface area contributed by atoms with Crippen LogP contribution in [0.15, 0.2) is 0 Å². The van der Waals surface area contributed by atoms with Gasteiger partial charge in [-0.25, -0.2) is 4.79 Å². The fourth-order valence-corrected chi connectivity index (χ4v) is 1.24. The van der Waals surface area contributed by atoms with Gasteiger partial charge in [0.15, 0.2) is 0 Å².